The van der Waals surface area contributed by atoms with E-state index in [-0.39, 0.29) is 24.8 Å². The van der Waals surface area contributed by atoms with Crippen molar-refractivity contribution in [3.05, 3.63) is 80.4 Å². The SMILES string of the molecule is CC1=CC[C]([Zr+2][CH]2C(n3cccc3)=Cc3ccccc32)=C1C.[Cl-].[Cl-]. The van der Waals surface area contributed by atoms with Crippen LogP contribution in [0.3, 0.4) is 0 Å². The summed E-state index contributed by atoms with van der Waals surface area (Å²) in [4.78, 5) is 0. The van der Waals surface area contributed by atoms with Crippen LogP contribution in [0.25, 0.3) is 11.8 Å². The number of benzene rings is 1. The molecule has 0 aliphatic heterocycles. The van der Waals surface area contributed by atoms with Gasteiger partial charge in [-0.1, -0.05) is 0 Å². The molecule has 24 heavy (non-hydrogen) atoms. The third kappa shape index (κ3) is 3.43. The van der Waals surface area contributed by atoms with Crippen LogP contribution in [-0.2, 0) is 23.2 Å². The number of halogens is 2. The largest absolute Gasteiger partial charge is 1.00 e. The minimum atomic E-state index is -0.687. The number of nitrogens with zero attached hydrogens (tertiary/aromatic N) is 1. The second-order valence-electron chi connectivity index (χ2n) is 6.06. The van der Waals surface area contributed by atoms with Crippen LogP contribution in [0.1, 0.15) is 35.0 Å². The zero-order valence-electron chi connectivity index (χ0n) is 13.8. The Hall–Kier alpha value is -0.817. The van der Waals surface area contributed by atoms with E-state index in [4.69, 9.17) is 0 Å². The Morgan fingerprint density at radius 3 is 2.38 bits per heavy atom. The van der Waals surface area contributed by atoms with E-state index in [0.29, 0.717) is 3.63 Å². The average Bonchev–Trinajstić information content (AvgIpc) is 3.23. The quantitative estimate of drug-likeness (QED) is 0.599. The van der Waals surface area contributed by atoms with Crippen molar-refractivity contribution in [2.75, 3.05) is 0 Å². The van der Waals surface area contributed by atoms with Gasteiger partial charge in [-0.05, 0) is 0 Å². The minimum absolute atomic E-state index is 0. The summed E-state index contributed by atoms with van der Waals surface area (Å²) in [7, 11) is 0. The molecule has 0 saturated heterocycles. The zero-order chi connectivity index (χ0) is 15.1. The molecule has 0 radical (unpaired) electrons. The van der Waals surface area contributed by atoms with Crippen LogP contribution in [0.5, 0.6) is 0 Å². The van der Waals surface area contributed by atoms with E-state index >= 15 is 0 Å². The summed E-state index contributed by atoms with van der Waals surface area (Å²) in [6.45, 7) is 4.57. The summed E-state index contributed by atoms with van der Waals surface area (Å²) >= 11 is -0.687. The first-order chi connectivity index (χ1) is 10.7. The molecule has 1 nitrogen and oxygen atoms in total. The van der Waals surface area contributed by atoms with Gasteiger partial charge in [-0.3, -0.25) is 0 Å². The maximum atomic E-state index is 2.41. The van der Waals surface area contributed by atoms with Crippen molar-refractivity contribution < 1.29 is 48.0 Å². The zero-order valence-corrected chi connectivity index (χ0v) is 17.7. The Morgan fingerprint density at radius 1 is 1.00 bits per heavy atom. The summed E-state index contributed by atoms with van der Waals surface area (Å²) in [5.74, 6) is 0. The van der Waals surface area contributed by atoms with Gasteiger partial charge < -0.3 is 24.8 Å². The Bertz CT molecular complexity index is 816. The van der Waals surface area contributed by atoms with Crippen molar-refractivity contribution >= 4 is 11.8 Å². The van der Waals surface area contributed by atoms with E-state index < -0.39 is 23.2 Å². The van der Waals surface area contributed by atoms with E-state index in [9.17, 15) is 0 Å². The molecule has 1 unspecified atom stereocenters. The van der Waals surface area contributed by atoms with Crippen LogP contribution in [-0.4, -0.2) is 4.57 Å². The van der Waals surface area contributed by atoms with Gasteiger partial charge in [0.25, 0.3) is 0 Å². The van der Waals surface area contributed by atoms with Crippen LogP contribution in [0.4, 0.5) is 0 Å². The topological polar surface area (TPSA) is 4.93 Å². The fourth-order valence-corrected chi connectivity index (χ4v) is 7.71. The van der Waals surface area contributed by atoms with Gasteiger partial charge in [-0.25, -0.2) is 0 Å². The summed E-state index contributed by atoms with van der Waals surface area (Å²) in [6, 6.07) is 13.2. The van der Waals surface area contributed by atoms with Crippen molar-refractivity contribution in [3.8, 4) is 0 Å². The summed E-state index contributed by atoms with van der Waals surface area (Å²) in [5, 5.41) is 0. The van der Waals surface area contributed by atoms with Gasteiger partial charge >= 0.3 is 144 Å². The monoisotopic (exact) mass is 433 g/mol. The summed E-state index contributed by atoms with van der Waals surface area (Å²) in [6.07, 6.45) is 10.4. The van der Waals surface area contributed by atoms with Gasteiger partial charge in [0.1, 0.15) is 0 Å². The normalized spacial score (nSPS) is 18.2. The second-order valence-corrected chi connectivity index (χ2v) is 9.67. The minimum Gasteiger partial charge on any atom is -1.00 e. The van der Waals surface area contributed by atoms with E-state index in [2.05, 4.69) is 79.4 Å². The Morgan fingerprint density at radius 2 is 1.71 bits per heavy atom. The van der Waals surface area contributed by atoms with Gasteiger partial charge in [-0.15, -0.1) is 0 Å². The number of rotatable bonds is 3. The van der Waals surface area contributed by atoms with Crippen molar-refractivity contribution in [2.24, 2.45) is 0 Å². The Balaban J connectivity index is 0.00000104. The maximum Gasteiger partial charge on any atom is -1.00 e. The predicted octanol–water partition coefficient (Wildman–Crippen LogP) is -0.745. The van der Waals surface area contributed by atoms with Crippen LogP contribution in [0.15, 0.2) is 69.3 Å². The fourth-order valence-electron chi connectivity index (χ4n) is 3.33. The molecule has 0 saturated carbocycles. The van der Waals surface area contributed by atoms with E-state index in [1.807, 2.05) is 0 Å². The summed E-state index contributed by atoms with van der Waals surface area (Å²) < 4.78 is 4.72. The second kappa shape index (κ2) is 8.04. The molecule has 122 valence electrons. The molecule has 1 atom stereocenters. The third-order valence-electron chi connectivity index (χ3n) is 4.78. The van der Waals surface area contributed by atoms with Crippen molar-refractivity contribution in [3.63, 3.8) is 0 Å². The molecule has 2 aromatic rings. The van der Waals surface area contributed by atoms with E-state index in [1.54, 1.807) is 14.4 Å². The molecule has 4 rings (SSSR count). The molecule has 1 aromatic carbocycles. The standard InChI is InChI=1S/C13H10N.C7H9.2ClH.Zr/c1-2-6-12-10-13(9-11(12)5-1)14-7-3-4-8-14;1-6-4-3-5-7(6)2;;;/h1-10H;4H,3H2,1-2H3;2*1H;/q;;;;+2/p-2. The first-order valence-electron chi connectivity index (χ1n) is 7.81. The number of aromatic nitrogens is 1. The van der Waals surface area contributed by atoms with Gasteiger partial charge in [-0.2, -0.15) is 0 Å². The van der Waals surface area contributed by atoms with Crippen molar-refractivity contribution in [1.29, 1.82) is 0 Å². The number of fused-ring (bicyclic) bond motifs is 1. The van der Waals surface area contributed by atoms with Crippen molar-refractivity contribution in [2.45, 2.75) is 23.9 Å². The number of hydrogen-bond acceptors (Lipinski definition) is 0. The number of hydrogen-bond donors (Lipinski definition) is 0. The van der Waals surface area contributed by atoms with Crippen molar-refractivity contribution in [1.82, 2.24) is 4.57 Å². The smallest absolute Gasteiger partial charge is 1.00 e. The Labute approximate surface area is 167 Å². The average molecular weight is 436 g/mol. The maximum absolute atomic E-state index is 2.41. The van der Waals surface area contributed by atoms with Crippen LogP contribution < -0.4 is 24.8 Å². The molecule has 0 fully saturated rings. The van der Waals surface area contributed by atoms with Crippen LogP contribution in [0.2, 0.25) is 0 Å². The van der Waals surface area contributed by atoms with E-state index in [0.717, 1.165) is 0 Å². The number of allylic oxidation sites excluding steroid dienone is 5. The van der Waals surface area contributed by atoms with Gasteiger partial charge in [0.15, 0.2) is 0 Å². The first-order valence-corrected chi connectivity index (χ1v) is 10.5. The third-order valence-corrected chi connectivity index (χ3v) is 9.26. The van der Waals surface area contributed by atoms with E-state index in [1.165, 1.54) is 23.3 Å². The summed E-state index contributed by atoms with van der Waals surface area (Å²) in [5.41, 5.74) is 7.50. The molecule has 0 N–H and O–H groups in total. The fraction of sp³-hybridized carbons (Fsp3) is 0.200. The van der Waals surface area contributed by atoms with Gasteiger partial charge in [0.05, 0.1) is 0 Å². The van der Waals surface area contributed by atoms with Gasteiger partial charge in [0.2, 0.25) is 0 Å². The molecule has 1 heterocycles. The molecule has 2 aliphatic rings. The molecule has 0 amide bonds. The molecule has 0 spiro atoms. The molecule has 2 aliphatic carbocycles. The molecule has 0 bridgehead atoms. The molecule has 4 heteroatoms. The van der Waals surface area contributed by atoms with Gasteiger partial charge in [0, 0.05) is 0 Å². The molecular weight excluding hydrogens is 416 g/mol. The first kappa shape index (κ1) is 19.5. The molecular formula is C20H19Cl2NZr. The van der Waals surface area contributed by atoms with Crippen LogP contribution in [0, 0.1) is 0 Å². The predicted molar refractivity (Wildman–Crippen MR) is 88.9 cm³/mol. The van der Waals surface area contributed by atoms with Crippen LogP contribution >= 0.6 is 0 Å². The molecule has 1 aromatic heterocycles. The Kier molecular flexibility index (Phi) is 6.54.